The molecule has 30 heavy (non-hydrogen) atoms. The Morgan fingerprint density at radius 1 is 1.07 bits per heavy atom. The topological polar surface area (TPSA) is 84.7 Å². The second-order valence-electron chi connectivity index (χ2n) is 6.41. The van der Waals surface area contributed by atoms with E-state index in [9.17, 15) is 9.18 Å². The summed E-state index contributed by atoms with van der Waals surface area (Å²) in [5, 5.41) is 14.4. The number of nitrogens with zero attached hydrogens (tertiary/aromatic N) is 4. The monoisotopic (exact) mass is 422 g/mol. The summed E-state index contributed by atoms with van der Waals surface area (Å²) < 4.78 is 14.5. The van der Waals surface area contributed by atoms with Gasteiger partial charge >= 0.3 is 0 Å². The molecular weight excluding hydrogens is 407 g/mol. The molecule has 2 N–H and O–H groups in total. The number of halogens is 2. The first kappa shape index (κ1) is 19.5. The van der Waals surface area contributed by atoms with Gasteiger partial charge in [-0.05, 0) is 54.1 Å². The van der Waals surface area contributed by atoms with Gasteiger partial charge in [0.15, 0.2) is 11.5 Å². The molecule has 0 aliphatic rings. The van der Waals surface area contributed by atoms with E-state index in [0.717, 1.165) is 11.3 Å². The first-order valence-electron chi connectivity index (χ1n) is 9.00. The lowest BCUT2D eigenvalue weighted by Crippen LogP contribution is -2.14. The number of hydrogen-bond donors (Lipinski definition) is 2. The lowest BCUT2D eigenvalue weighted by molar-refractivity contribution is 0.102. The van der Waals surface area contributed by atoms with Gasteiger partial charge in [0.1, 0.15) is 5.82 Å². The van der Waals surface area contributed by atoms with Crippen LogP contribution in [0.15, 0.2) is 73.1 Å². The molecular formula is C21H16ClFN6O. The molecule has 1 amide bonds. The van der Waals surface area contributed by atoms with E-state index in [4.69, 9.17) is 11.6 Å². The third-order valence-corrected chi connectivity index (χ3v) is 4.44. The van der Waals surface area contributed by atoms with Gasteiger partial charge in [-0.3, -0.25) is 4.79 Å². The Labute approximate surface area is 176 Å². The summed E-state index contributed by atoms with van der Waals surface area (Å²) in [7, 11) is 0. The first-order valence-corrected chi connectivity index (χ1v) is 9.38. The summed E-state index contributed by atoms with van der Waals surface area (Å²) >= 11 is 5.91. The minimum absolute atomic E-state index is 0.151. The van der Waals surface area contributed by atoms with Crippen molar-refractivity contribution in [3.05, 3.63) is 95.2 Å². The summed E-state index contributed by atoms with van der Waals surface area (Å²) in [6, 6.07) is 16.6. The standard InChI is InChI=1S/C21H16ClFN6O/c22-15-5-9-17(10-6-15)25-20-18(2-1-11-24-20)26-21(30)19-13-29(28-27-19)12-14-3-7-16(23)8-4-14/h1-11,13H,12H2,(H,24,25)(H,26,30). The molecule has 0 fully saturated rings. The van der Waals surface area contributed by atoms with Gasteiger partial charge in [-0.25, -0.2) is 14.1 Å². The molecule has 0 spiro atoms. The molecule has 0 aliphatic carbocycles. The van der Waals surface area contributed by atoms with Crippen molar-refractivity contribution in [3.8, 4) is 0 Å². The van der Waals surface area contributed by atoms with Gasteiger partial charge in [-0.15, -0.1) is 5.10 Å². The van der Waals surface area contributed by atoms with Crippen LogP contribution in [0.2, 0.25) is 5.02 Å². The van der Waals surface area contributed by atoms with Crippen LogP contribution in [0, 0.1) is 5.82 Å². The van der Waals surface area contributed by atoms with Crippen LogP contribution < -0.4 is 10.6 Å². The predicted octanol–water partition coefficient (Wildman–Crippen LogP) is 4.51. The van der Waals surface area contributed by atoms with E-state index in [1.807, 2.05) is 12.1 Å². The molecule has 0 saturated carbocycles. The van der Waals surface area contributed by atoms with Crippen molar-refractivity contribution in [3.63, 3.8) is 0 Å². The zero-order chi connectivity index (χ0) is 20.9. The maximum atomic E-state index is 13.0. The van der Waals surface area contributed by atoms with E-state index in [-0.39, 0.29) is 11.5 Å². The predicted molar refractivity (Wildman–Crippen MR) is 112 cm³/mol. The fraction of sp³-hybridized carbons (Fsp3) is 0.0476. The summed E-state index contributed by atoms with van der Waals surface area (Å²) in [5.74, 6) is -0.253. The quantitative estimate of drug-likeness (QED) is 0.477. The second-order valence-corrected chi connectivity index (χ2v) is 6.85. The van der Waals surface area contributed by atoms with Crippen LogP contribution in [0.5, 0.6) is 0 Å². The van der Waals surface area contributed by atoms with Gasteiger partial charge in [-0.2, -0.15) is 0 Å². The number of amides is 1. The van der Waals surface area contributed by atoms with E-state index >= 15 is 0 Å². The van der Waals surface area contributed by atoms with Gasteiger partial charge in [0.25, 0.3) is 5.91 Å². The highest BCUT2D eigenvalue weighted by molar-refractivity contribution is 6.30. The average Bonchev–Trinajstić information content (AvgIpc) is 3.21. The Kier molecular flexibility index (Phi) is 5.67. The van der Waals surface area contributed by atoms with Crippen molar-refractivity contribution < 1.29 is 9.18 Å². The number of nitrogens with one attached hydrogen (secondary N) is 2. The van der Waals surface area contributed by atoms with Crippen LogP contribution >= 0.6 is 11.6 Å². The van der Waals surface area contributed by atoms with Gasteiger partial charge in [0.05, 0.1) is 18.4 Å². The van der Waals surface area contributed by atoms with E-state index in [1.54, 1.807) is 42.6 Å². The minimum atomic E-state index is -0.424. The van der Waals surface area contributed by atoms with Crippen LogP contribution in [0.1, 0.15) is 16.1 Å². The molecule has 4 aromatic rings. The maximum absolute atomic E-state index is 13.0. The van der Waals surface area contributed by atoms with E-state index in [1.165, 1.54) is 23.0 Å². The second kappa shape index (κ2) is 8.71. The highest BCUT2D eigenvalue weighted by Crippen LogP contribution is 2.24. The fourth-order valence-electron chi connectivity index (χ4n) is 2.72. The van der Waals surface area contributed by atoms with Crippen LogP contribution in [0.4, 0.5) is 21.6 Å². The zero-order valence-corrected chi connectivity index (χ0v) is 16.3. The molecule has 0 bridgehead atoms. The molecule has 9 heteroatoms. The number of carbonyl (C=O) groups excluding carboxylic acids is 1. The largest absolute Gasteiger partial charge is 0.338 e. The van der Waals surface area contributed by atoms with E-state index in [0.29, 0.717) is 23.1 Å². The van der Waals surface area contributed by atoms with E-state index < -0.39 is 5.91 Å². The van der Waals surface area contributed by atoms with Crippen LogP contribution in [-0.2, 0) is 6.54 Å². The molecule has 150 valence electrons. The average molecular weight is 423 g/mol. The third-order valence-electron chi connectivity index (χ3n) is 4.19. The Morgan fingerprint density at radius 2 is 1.83 bits per heavy atom. The lowest BCUT2D eigenvalue weighted by Gasteiger charge is -2.11. The van der Waals surface area contributed by atoms with Gasteiger partial charge in [-0.1, -0.05) is 28.9 Å². The maximum Gasteiger partial charge on any atom is 0.277 e. The van der Waals surface area contributed by atoms with Crippen LogP contribution in [0.25, 0.3) is 0 Å². The van der Waals surface area contributed by atoms with Crippen molar-refractivity contribution in [1.82, 2.24) is 20.0 Å². The number of aromatic nitrogens is 4. The molecule has 0 unspecified atom stereocenters. The summed E-state index contributed by atoms with van der Waals surface area (Å²) in [6.45, 7) is 0.372. The summed E-state index contributed by atoms with van der Waals surface area (Å²) in [6.07, 6.45) is 3.15. The molecule has 0 atom stereocenters. The normalized spacial score (nSPS) is 10.6. The smallest absolute Gasteiger partial charge is 0.277 e. The number of benzene rings is 2. The highest BCUT2D eigenvalue weighted by Gasteiger charge is 2.14. The number of rotatable bonds is 6. The Morgan fingerprint density at radius 3 is 2.60 bits per heavy atom. The van der Waals surface area contributed by atoms with Crippen molar-refractivity contribution in [2.45, 2.75) is 6.54 Å². The molecule has 0 radical (unpaired) electrons. The minimum Gasteiger partial charge on any atom is -0.338 e. The lowest BCUT2D eigenvalue weighted by atomic mass is 10.2. The first-order chi connectivity index (χ1) is 14.6. The molecule has 0 aliphatic heterocycles. The van der Waals surface area contributed by atoms with E-state index in [2.05, 4.69) is 25.9 Å². The Balaban J connectivity index is 1.46. The number of hydrogen-bond acceptors (Lipinski definition) is 5. The Bertz CT molecular complexity index is 1160. The molecule has 4 rings (SSSR count). The van der Waals surface area contributed by atoms with Crippen molar-refractivity contribution in [1.29, 1.82) is 0 Å². The van der Waals surface area contributed by atoms with Crippen molar-refractivity contribution >= 4 is 34.7 Å². The summed E-state index contributed by atoms with van der Waals surface area (Å²) in [5.41, 5.74) is 2.26. The number of carbonyl (C=O) groups is 1. The van der Waals surface area contributed by atoms with Gasteiger partial charge in [0.2, 0.25) is 0 Å². The van der Waals surface area contributed by atoms with Crippen molar-refractivity contribution in [2.75, 3.05) is 10.6 Å². The van der Waals surface area contributed by atoms with Crippen LogP contribution in [0.3, 0.4) is 0 Å². The summed E-state index contributed by atoms with van der Waals surface area (Å²) in [4.78, 5) is 16.9. The Hall–Kier alpha value is -3.78. The fourth-order valence-corrected chi connectivity index (χ4v) is 2.84. The molecule has 2 aromatic heterocycles. The van der Waals surface area contributed by atoms with Gasteiger partial charge in [0, 0.05) is 16.9 Å². The molecule has 0 saturated heterocycles. The van der Waals surface area contributed by atoms with Crippen molar-refractivity contribution in [2.24, 2.45) is 0 Å². The molecule has 2 heterocycles. The third kappa shape index (κ3) is 4.79. The number of pyridine rings is 1. The highest BCUT2D eigenvalue weighted by atomic mass is 35.5. The van der Waals surface area contributed by atoms with Crippen LogP contribution in [-0.4, -0.2) is 25.9 Å². The zero-order valence-electron chi connectivity index (χ0n) is 15.6. The number of anilines is 3. The SMILES string of the molecule is O=C(Nc1cccnc1Nc1ccc(Cl)cc1)c1cn(Cc2ccc(F)cc2)nn1. The van der Waals surface area contributed by atoms with Gasteiger partial charge < -0.3 is 10.6 Å². The molecule has 7 nitrogen and oxygen atoms in total. The molecule has 2 aromatic carbocycles.